The van der Waals surface area contributed by atoms with Crippen molar-refractivity contribution in [2.24, 2.45) is 0 Å². The van der Waals surface area contributed by atoms with Crippen LogP contribution in [-0.4, -0.2) is 15.8 Å². The normalized spacial score (nSPS) is 13.4. The highest BCUT2D eigenvalue weighted by Gasteiger charge is 1.94. The van der Waals surface area contributed by atoms with Crippen molar-refractivity contribution in [1.82, 2.24) is 0 Å². The summed E-state index contributed by atoms with van der Waals surface area (Å²) in [5, 5.41) is 17.9. The molecule has 0 aromatic carbocycles. The minimum Gasteiger partial charge on any atom is -0.418 e. The van der Waals surface area contributed by atoms with E-state index in [1.807, 2.05) is 0 Å². The lowest BCUT2D eigenvalue weighted by Crippen LogP contribution is -2.05. The second-order valence-corrected chi connectivity index (χ2v) is 1.36. The molecule has 0 rings (SSSR count). The summed E-state index contributed by atoms with van der Waals surface area (Å²) < 4.78 is 0. The van der Waals surface area contributed by atoms with E-state index in [0.29, 0.717) is 12.1 Å². The molecular weight excluding hydrogens is 94.0 g/mol. The van der Waals surface area contributed by atoms with Crippen LogP contribution in [0.15, 0.2) is 0 Å². The Labute approximate surface area is 42.4 Å². The van der Waals surface area contributed by atoms with E-state index in [2.05, 4.69) is 0 Å². The Morgan fingerprint density at radius 3 is 2.29 bits per heavy atom. The zero-order valence-corrected chi connectivity index (χ0v) is 4.51. The van der Waals surface area contributed by atoms with Crippen LogP contribution in [0.25, 0.3) is 0 Å². The van der Waals surface area contributed by atoms with Gasteiger partial charge in [-0.25, -0.2) is 0 Å². The molecule has 0 bridgehead atoms. The van der Waals surface area contributed by atoms with Crippen LogP contribution in [0.1, 0.15) is 20.3 Å². The van der Waals surface area contributed by atoms with Gasteiger partial charge in [-0.3, -0.25) is 5.21 Å². The second kappa shape index (κ2) is 2.44. The highest BCUT2D eigenvalue weighted by Crippen LogP contribution is 1.78. The van der Waals surface area contributed by atoms with Crippen molar-refractivity contribution in [3.05, 3.63) is 5.21 Å². The molecule has 0 aliphatic heterocycles. The van der Waals surface area contributed by atoms with Gasteiger partial charge in [0.2, 0.25) is 5.71 Å². The minimum absolute atomic E-state index is 0.111. The zero-order valence-electron chi connectivity index (χ0n) is 4.51. The van der Waals surface area contributed by atoms with Crippen molar-refractivity contribution in [3.8, 4) is 0 Å². The quantitative estimate of drug-likeness (QED) is 0.230. The lowest BCUT2D eigenvalue weighted by Gasteiger charge is -1.87. The molecule has 0 unspecified atom stereocenters. The minimum atomic E-state index is -0.111. The average molecular weight is 103 g/mol. The molecule has 0 saturated heterocycles. The van der Waals surface area contributed by atoms with Crippen molar-refractivity contribution in [2.45, 2.75) is 20.3 Å². The van der Waals surface area contributed by atoms with Crippen LogP contribution >= 0.6 is 0 Å². The van der Waals surface area contributed by atoms with E-state index in [1.54, 1.807) is 13.8 Å². The van der Waals surface area contributed by atoms with E-state index < -0.39 is 0 Å². The van der Waals surface area contributed by atoms with Crippen LogP contribution in [0.3, 0.4) is 0 Å². The molecule has 0 radical (unpaired) electrons. The fraction of sp³-hybridized carbons (Fsp3) is 0.750. The number of hydrogen-bond donors (Lipinski definition) is 1. The molecule has 42 valence electrons. The molecule has 0 amide bonds. The van der Waals surface area contributed by atoms with Crippen LogP contribution in [0.5, 0.6) is 0 Å². The van der Waals surface area contributed by atoms with Crippen molar-refractivity contribution in [3.63, 3.8) is 0 Å². The lowest BCUT2D eigenvalue weighted by molar-refractivity contribution is -0.727. The van der Waals surface area contributed by atoms with Gasteiger partial charge in [-0.05, 0) is 0 Å². The Kier molecular flexibility index (Phi) is 2.19. The summed E-state index contributed by atoms with van der Waals surface area (Å²) in [6, 6.07) is 0. The molecule has 0 aliphatic rings. The van der Waals surface area contributed by atoms with Gasteiger partial charge in [0.05, 0.1) is 0 Å². The summed E-state index contributed by atoms with van der Waals surface area (Å²) in [5.41, 5.74) is 0.431. The summed E-state index contributed by atoms with van der Waals surface area (Å²) in [6.45, 7) is 3.38. The van der Waals surface area contributed by atoms with Gasteiger partial charge in [0.25, 0.3) is 0 Å². The highest BCUT2D eigenvalue weighted by atomic mass is 16.8. The topological polar surface area (TPSA) is 46.3 Å². The third kappa shape index (κ3) is 2.03. The van der Waals surface area contributed by atoms with Gasteiger partial charge in [-0.1, -0.05) is 6.92 Å². The molecule has 0 atom stereocenters. The first-order valence-electron chi connectivity index (χ1n) is 2.17. The SMILES string of the molecule is CC/C(C)=[N+](\[O-])O. The fourth-order valence-electron chi connectivity index (χ4n) is 0.135. The maximum absolute atomic E-state index is 9.81. The summed E-state index contributed by atoms with van der Waals surface area (Å²) in [6.07, 6.45) is 0.597. The van der Waals surface area contributed by atoms with E-state index in [1.165, 1.54) is 0 Å². The van der Waals surface area contributed by atoms with Gasteiger partial charge in [0.1, 0.15) is 0 Å². The van der Waals surface area contributed by atoms with Gasteiger partial charge in [-0.15, -0.1) is 0 Å². The smallest absolute Gasteiger partial charge is 0.218 e. The van der Waals surface area contributed by atoms with Crippen molar-refractivity contribution < 1.29 is 10.1 Å². The van der Waals surface area contributed by atoms with E-state index in [4.69, 9.17) is 5.21 Å². The Morgan fingerprint density at radius 2 is 2.29 bits per heavy atom. The molecule has 1 N–H and O–H groups in total. The summed E-state index contributed by atoms with van der Waals surface area (Å²) >= 11 is 0. The van der Waals surface area contributed by atoms with Crippen LogP contribution in [0.2, 0.25) is 0 Å². The number of nitrogens with zero attached hydrogens (tertiary/aromatic N) is 1. The van der Waals surface area contributed by atoms with Crippen LogP contribution in [-0.2, 0) is 0 Å². The van der Waals surface area contributed by atoms with Crippen molar-refractivity contribution >= 4 is 5.71 Å². The fourth-order valence-corrected chi connectivity index (χ4v) is 0.135. The van der Waals surface area contributed by atoms with E-state index in [9.17, 15) is 5.21 Å². The molecule has 0 aromatic rings. The van der Waals surface area contributed by atoms with Crippen LogP contribution in [0.4, 0.5) is 0 Å². The molecule has 0 aromatic heterocycles. The van der Waals surface area contributed by atoms with Crippen LogP contribution < -0.4 is 0 Å². The average Bonchev–Trinajstić information content (AvgIpc) is 1.65. The van der Waals surface area contributed by atoms with Gasteiger partial charge in [0.15, 0.2) is 0 Å². The molecule has 0 fully saturated rings. The molecule has 7 heavy (non-hydrogen) atoms. The predicted octanol–water partition coefficient (Wildman–Crippen LogP) is 0.757. The molecule has 0 aliphatic carbocycles. The number of hydrogen-bond acceptors (Lipinski definition) is 2. The van der Waals surface area contributed by atoms with Gasteiger partial charge in [0, 0.05) is 18.2 Å². The predicted molar refractivity (Wildman–Crippen MR) is 26.4 cm³/mol. The van der Waals surface area contributed by atoms with Gasteiger partial charge in [-0.2, -0.15) is 0 Å². The first-order chi connectivity index (χ1) is 3.18. The van der Waals surface area contributed by atoms with Crippen LogP contribution in [0, 0.1) is 5.21 Å². The summed E-state index contributed by atoms with van der Waals surface area (Å²) in [4.78, 5) is -0.111. The molecule has 3 heteroatoms. The lowest BCUT2D eigenvalue weighted by atomic mass is 10.3. The Morgan fingerprint density at radius 1 is 1.86 bits per heavy atom. The first kappa shape index (κ1) is 6.27. The van der Waals surface area contributed by atoms with Gasteiger partial charge >= 0.3 is 0 Å². The molecule has 3 nitrogen and oxygen atoms in total. The second-order valence-electron chi connectivity index (χ2n) is 1.36. The molecule has 0 spiro atoms. The molecular formula is C4H9NO2. The summed E-state index contributed by atoms with van der Waals surface area (Å²) in [7, 11) is 0. The first-order valence-corrected chi connectivity index (χ1v) is 2.17. The third-order valence-corrected chi connectivity index (χ3v) is 0.838. The van der Waals surface area contributed by atoms with Crippen molar-refractivity contribution in [1.29, 1.82) is 0 Å². The highest BCUT2D eigenvalue weighted by molar-refractivity contribution is 5.76. The van der Waals surface area contributed by atoms with Gasteiger partial charge < -0.3 is 5.21 Å². The van der Waals surface area contributed by atoms with E-state index in [0.717, 1.165) is 0 Å². The summed E-state index contributed by atoms with van der Waals surface area (Å²) in [5.74, 6) is 0. The van der Waals surface area contributed by atoms with E-state index in [-0.39, 0.29) is 4.90 Å². The molecule has 0 saturated carbocycles. The monoisotopic (exact) mass is 103 g/mol. The zero-order chi connectivity index (χ0) is 5.86. The number of rotatable bonds is 1. The molecule has 0 heterocycles. The van der Waals surface area contributed by atoms with E-state index >= 15 is 0 Å². The Balaban J connectivity index is 3.72. The maximum atomic E-state index is 9.81. The third-order valence-electron chi connectivity index (χ3n) is 0.838. The Bertz CT molecular complexity index is 83.7. The Hall–Kier alpha value is -0.730. The largest absolute Gasteiger partial charge is 0.418 e. The standard InChI is InChI=1S/C4H9NO2/c1-3-4(2)5(6)7/h3H2,1-2H3,(H,6,7). The van der Waals surface area contributed by atoms with Crippen molar-refractivity contribution in [2.75, 3.05) is 0 Å². The maximum Gasteiger partial charge on any atom is 0.218 e.